The fourth-order valence-electron chi connectivity index (χ4n) is 3.29. The Balaban J connectivity index is 2.33. The molecule has 0 fully saturated rings. The van der Waals surface area contributed by atoms with Gasteiger partial charge in [0.1, 0.15) is 0 Å². The van der Waals surface area contributed by atoms with Crippen molar-refractivity contribution in [2.75, 3.05) is 7.05 Å². The van der Waals surface area contributed by atoms with Crippen molar-refractivity contribution in [3.8, 4) is 0 Å². The van der Waals surface area contributed by atoms with Crippen molar-refractivity contribution in [2.24, 2.45) is 11.3 Å². The standard InChI is InChI=1S/C18H29N/c1-13(2)10-14-6-7-15-8-9-18(3,4)12-17(19-5)16(15)11-14/h6-7,11,13,17,19H,8-10,12H2,1-5H3. The molecule has 19 heavy (non-hydrogen) atoms. The molecule has 0 saturated carbocycles. The Morgan fingerprint density at radius 1 is 1.32 bits per heavy atom. The van der Waals surface area contributed by atoms with Crippen LogP contribution in [0.25, 0.3) is 0 Å². The first-order chi connectivity index (χ1) is 8.91. The minimum absolute atomic E-state index is 0.435. The minimum atomic E-state index is 0.435. The van der Waals surface area contributed by atoms with Gasteiger partial charge < -0.3 is 5.32 Å². The van der Waals surface area contributed by atoms with Crippen LogP contribution in [0.3, 0.4) is 0 Å². The topological polar surface area (TPSA) is 12.0 Å². The average Bonchev–Trinajstić information content (AvgIpc) is 2.45. The Morgan fingerprint density at radius 2 is 2.05 bits per heavy atom. The molecular weight excluding hydrogens is 230 g/mol. The molecule has 1 aromatic carbocycles. The Labute approximate surface area is 118 Å². The maximum atomic E-state index is 3.54. The highest BCUT2D eigenvalue weighted by molar-refractivity contribution is 5.36. The lowest BCUT2D eigenvalue weighted by Crippen LogP contribution is -2.22. The number of benzene rings is 1. The average molecular weight is 259 g/mol. The zero-order chi connectivity index (χ0) is 14.0. The summed E-state index contributed by atoms with van der Waals surface area (Å²) in [5, 5.41) is 3.54. The fraction of sp³-hybridized carbons (Fsp3) is 0.667. The van der Waals surface area contributed by atoms with E-state index in [0.717, 1.165) is 5.92 Å². The van der Waals surface area contributed by atoms with E-state index in [4.69, 9.17) is 0 Å². The summed E-state index contributed by atoms with van der Waals surface area (Å²) in [7, 11) is 2.10. The van der Waals surface area contributed by atoms with Gasteiger partial charge >= 0.3 is 0 Å². The third-order valence-electron chi connectivity index (χ3n) is 4.41. The van der Waals surface area contributed by atoms with Gasteiger partial charge in [-0.1, -0.05) is 45.9 Å². The van der Waals surface area contributed by atoms with E-state index in [1.165, 1.54) is 31.2 Å². The van der Waals surface area contributed by atoms with Gasteiger partial charge in [-0.2, -0.15) is 0 Å². The van der Waals surface area contributed by atoms with Gasteiger partial charge in [0.05, 0.1) is 0 Å². The lowest BCUT2D eigenvalue weighted by molar-refractivity contribution is 0.279. The van der Waals surface area contributed by atoms with Crippen molar-refractivity contribution in [2.45, 2.75) is 59.4 Å². The first-order valence-electron chi connectivity index (χ1n) is 7.70. The molecule has 1 aliphatic carbocycles. The van der Waals surface area contributed by atoms with Gasteiger partial charge in [0.15, 0.2) is 0 Å². The van der Waals surface area contributed by atoms with Crippen LogP contribution in [0.4, 0.5) is 0 Å². The highest BCUT2D eigenvalue weighted by Crippen LogP contribution is 2.39. The molecular formula is C18H29N. The van der Waals surface area contributed by atoms with E-state index in [1.807, 2.05) is 0 Å². The number of nitrogens with one attached hydrogen (secondary N) is 1. The number of aryl methyl sites for hydroxylation is 1. The van der Waals surface area contributed by atoms with Gasteiger partial charge in [-0.25, -0.2) is 0 Å². The fourth-order valence-corrected chi connectivity index (χ4v) is 3.29. The molecule has 0 aliphatic heterocycles. The van der Waals surface area contributed by atoms with Crippen LogP contribution in [0, 0.1) is 11.3 Å². The van der Waals surface area contributed by atoms with Crippen molar-refractivity contribution in [3.05, 3.63) is 34.9 Å². The van der Waals surface area contributed by atoms with E-state index in [2.05, 4.69) is 58.3 Å². The summed E-state index contributed by atoms with van der Waals surface area (Å²) in [6, 6.07) is 7.68. The van der Waals surface area contributed by atoms with E-state index < -0.39 is 0 Å². The van der Waals surface area contributed by atoms with E-state index in [1.54, 1.807) is 11.1 Å². The predicted octanol–water partition coefficient (Wildman–Crippen LogP) is 4.51. The maximum Gasteiger partial charge on any atom is 0.0325 e. The predicted molar refractivity (Wildman–Crippen MR) is 83.5 cm³/mol. The Morgan fingerprint density at radius 3 is 2.68 bits per heavy atom. The maximum absolute atomic E-state index is 3.54. The summed E-state index contributed by atoms with van der Waals surface area (Å²) < 4.78 is 0. The number of fused-ring (bicyclic) bond motifs is 1. The third kappa shape index (κ3) is 3.60. The summed E-state index contributed by atoms with van der Waals surface area (Å²) in [4.78, 5) is 0. The summed E-state index contributed by atoms with van der Waals surface area (Å²) in [5.41, 5.74) is 5.03. The van der Waals surface area contributed by atoms with Crippen LogP contribution in [0.15, 0.2) is 18.2 Å². The molecule has 0 heterocycles. The molecule has 1 atom stereocenters. The van der Waals surface area contributed by atoms with Crippen molar-refractivity contribution in [1.82, 2.24) is 5.32 Å². The molecule has 0 amide bonds. The number of hydrogen-bond acceptors (Lipinski definition) is 1. The van der Waals surface area contributed by atoms with Crippen LogP contribution in [-0.4, -0.2) is 7.05 Å². The van der Waals surface area contributed by atoms with Gasteiger partial charge in [0.25, 0.3) is 0 Å². The van der Waals surface area contributed by atoms with Crippen LogP contribution in [0.5, 0.6) is 0 Å². The first kappa shape index (κ1) is 14.6. The second-order valence-corrected chi connectivity index (χ2v) is 7.34. The first-order valence-corrected chi connectivity index (χ1v) is 7.70. The zero-order valence-electron chi connectivity index (χ0n) is 13.2. The molecule has 0 aromatic heterocycles. The van der Waals surface area contributed by atoms with E-state index in [0.29, 0.717) is 11.5 Å². The van der Waals surface area contributed by atoms with Crippen LogP contribution in [-0.2, 0) is 12.8 Å². The van der Waals surface area contributed by atoms with Crippen molar-refractivity contribution in [1.29, 1.82) is 0 Å². The highest BCUT2D eigenvalue weighted by Gasteiger charge is 2.28. The molecule has 0 spiro atoms. The largest absolute Gasteiger partial charge is 0.313 e. The van der Waals surface area contributed by atoms with Crippen molar-refractivity contribution < 1.29 is 0 Å². The van der Waals surface area contributed by atoms with E-state index in [9.17, 15) is 0 Å². The Hall–Kier alpha value is -0.820. The minimum Gasteiger partial charge on any atom is -0.313 e. The summed E-state index contributed by atoms with van der Waals surface area (Å²) in [6.45, 7) is 9.39. The normalized spacial score (nSPS) is 22.1. The van der Waals surface area contributed by atoms with Crippen LogP contribution in [0.2, 0.25) is 0 Å². The van der Waals surface area contributed by atoms with Crippen molar-refractivity contribution >= 4 is 0 Å². The molecule has 1 aromatic rings. The molecule has 1 aliphatic rings. The quantitative estimate of drug-likeness (QED) is 0.788. The monoisotopic (exact) mass is 259 g/mol. The van der Waals surface area contributed by atoms with Crippen molar-refractivity contribution in [3.63, 3.8) is 0 Å². The SMILES string of the molecule is CNC1CC(C)(C)CCc2ccc(CC(C)C)cc21. The molecule has 1 N–H and O–H groups in total. The lowest BCUT2D eigenvalue weighted by atomic mass is 9.83. The molecule has 1 nitrogen and oxygen atoms in total. The molecule has 2 rings (SSSR count). The van der Waals surface area contributed by atoms with Crippen LogP contribution >= 0.6 is 0 Å². The van der Waals surface area contributed by atoms with Gasteiger partial charge in [-0.15, -0.1) is 0 Å². The van der Waals surface area contributed by atoms with Crippen LogP contribution in [0.1, 0.15) is 63.3 Å². The zero-order valence-corrected chi connectivity index (χ0v) is 13.2. The molecule has 1 heteroatoms. The summed E-state index contributed by atoms with van der Waals surface area (Å²) in [5.74, 6) is 0.730. The van der Waals surface area contributed by atoms with E-state index in [-0.39, 0.29) is 0 Å². The van der Waals surface area contributed by atoms with E-state index >= 15 is 0 Å². The molecule has 0 radical (unpaired) electrons. The van der Waals surface area contributed by atoms with Gasteiger partial charge in [-0.3, -0.25) is 0 Å². The summed E-state index contributed by atoms with van der Waals surface area (Å²) >= 11 is 0. The molecule has 1 unspecified atom stereocenters. The van der Waals surface area contributed by atoms with Gasteiger partial charge in [0.2, 0.25) is 0 Å². The molecule has 106 valence electrons. The molecule has 0 bridgehead atoms. The highest BCUT2D eigenvalue weighted by atomic mass is 14.9. The van der Waals surface area contributed by atoms with Gasteiger partial charge in [0, 0.05) is 6.04 Å². The Bertz CT molecular complexity index is 431. The Kier molecular flexibility index (Phi) is 4.35. The molecule has 0 saturated heterocycles. The van der Waals surface area contributed by atoms with Crippen LogP contribution < -0.4 is 5.32 Å². The number of rotatable bonds is 3. The van der Waals surface area contributed by atoms with Gasteiger partial charge in [-0.05, 0) is 60.8 Å². The second-order valence-electron chi connectivity index (χ2n) is 7.34. The second kappa shape index (κ2) is 5.66. The smallest absolute Gasteiger partial charge is 0.0325 e. The third-order valence-corrected chi connectivity index (χ3v) is 4.41. The number of hydrogen-bond donors (Lipinski definition) is 1. The summed E-state index contributed by atoms with van der Waals surface area (Å²) in [6.07, 6.45) is 4.94. The lowest BCUT2D eigenvalue weighted by Gasteiger charge is -2.27.